The van der Waals surface area contributed by atoms with Crippen LogP contribution in [0.5, 0.6) is 0 Å². The lowest BCUT2D eigenvalue weighted by Crippen LogP contribution is -2.36. The van der Waals surface area contributed by atoms with Crippen molar-refractivity contribution in [3.8, 4) is 0 Å². The smallest absolute Gasteiger partial charge is 0.214 e. The molecule has 2 N–H and O–H groups in total. The molecule has 0 spiro atoms. The Labute approximate surface area is 98.6 Å². The Morgan fingerprint density at radius 3 is 2.56 bits per heavy atom. The minimum atomic E-state index is -3.05. The van der Waals surface area contributed by atoms with Crippen LogP contribution in [0, 0.1) is 0 Å². The molecule has 0 aliphatic carbocycles. The maximum absolute atomic E-state index is 12.0. The minimum Gasteiger partial charge on any atom is -0.330 e. The predicted octanol–water partition coefficient (Wildman–Crippen LogP) is -0.307. The summed E-state index contributed by atoms with van der Waals surface area (Å²) in [5, 5.41) is 0. The van der Waals surface area contributed by atoms with E-state index < -0.39 is 10.0 Å². The maximum atomic E-state index is 12.0. The molecule has 0 aromatic carbocycles. The average molecular weight is 249 g/mol. The Hall–Kier alpha value is -0.170. The first-order valence-corrected chi connectivity index (χ1v) is 7.53. The van der Waals surface area contributed by atoms with Crippen LogP contribution in [0.25, 0.3) is 0 Å². The number of hydrogen-bond donors (Lipinski definition) is 1. The van der Waals surface area contributed by atoms with E-state index in [1.807, 2.05) is 7.05 Å². The molecule has 1 aliphatic rings. The molecular weight excluding hydrogens is 226 g/mol. The van der Waals surface area contributed by atoms with E-state index >= 15 is 0 Å². The number of nitrogens with zero attached hydrogens (tertiary/aromatic N) is 2. The number of likely N-dealkylation sites (N-methyl/N-ethyl adjacent to an activating group) is 1. The number of sulfonamides is 1. The van der Waals surface area contributed by atoms with Crippen molar-refractivity contribution in [3.05, 3.63) is 0 Å². The molecule has 0 aromatic heterocycles. The molecule has 96 valence electrons. The highest BCUT2D eigenvalue weighted by Gasteiger charge is 2.23. The molecule has 0 atom stereocenters. The second kappa shape index (κ2) is 6.54. The van der Waals surface area contributed by atoms with Crippen molar-refractivity contribution in [3.63, 3.8) is 0 Å². The Kier molecular flexibility index (Phi) is 5.68. The number of rotatable bonds is 5. The van der Waals surface area contributed by atoms with Crippen LogP contribution in [-0.4, -0.2) is 63.1 Å². The van der Waals surface area contributed by atoms with Gasteiger partial charge in [-0.3, -0.25) is 0 Å². The van der Waals surface area contributed by atoms with Crippen molar-refractivity contribution in [2.45, 2.75) is 19.3 Å². The average Bonchev–Trinajstić information content (AvgIpc) is 2.43. The van der Waals surface area contributed by atoms with Gasteiger partial charge in [-0.1, -0.05) is 0 Å². The highest BCUT2D eigenvalue weighted by atomic mass is 32.2. The summed E-state index contributed by atoms with van der Waals surface area (Å²) in [6, 6.07) is 0. The molecular formula is C10H23N3O2S. The van der Waals surface area contributed by atoms with Crippen molar-refractivity contribution < 1.29 is 8.42 Å². The van der Waals surface area contributed by atoms with E-state index in [0.29, 0.717) is 26.1 Å². The summed E-state index contributed by atoms with van der Waals surface area (Å²) in [5.74, 6) is 0.244. The summed E-state index contributed by atoms with van der Waals surface area (Å²) >= 11 is 0. The highest BCUT2D eigenvalue weighted by molar-refractivity contribution is 7.89. The standard InChI is InChI=1S/C10H23N3O2S/c1-12-6-4-7-13(9-8-12)16(14,15)10-3-2-5-11/h2-11H2,1H3. The van der Waals surface area contributed by atoms with Crippen LogP contribution in [0.3, 0.4) is 0 Å². The quantitative estimate of drug-likeness (QED) is 0.679. The first kappa shape index (κ1) is 13.9. The van der Waals surface area contributed by atoms with Crippen molar-refractivity contribution in [1.82, 2.24) is 9.21 Å². The number of unbranched alkanes of at least 4 members (excludes halogenated alkanes) is 1. The molecule has 1 heterocycles. The molecule has 0 amide bonds. The maximum Gasteiger partial charge on any atom is 0.214 e. The molecule has 0 aromatic rings. The zero-order valence-electron chi connectivity index (χ0n) is 10.1. The zero-order valence-corrected chi connectivity index (χ0v) is 10.9. The predicted molar refractivity (Wildman–Crippen MR) is 65.8 cm³/mol. The molecule has 0 saturated carbocycles. The third-order valence-corrected chi connectivity index (χ3v) is 4.88. The normalized spacial score (nSPS) is 20.9. The van der Waals surface area contributed by atoms with E-state index in [-0.39, 0.29) is 5.75 Å². The van der Waals surface area contributed by atoms with Gasteiger partial charge in [0.15, 0.2) is 0 Å². The van der Waals surface area contributed by atoms with Gasteiger partial charge in [0, 0.05) is 19.6 Å². The largest absolute Gasteiger partial charge is 0.330 e. The monoisotopic (exact) mass is 249 g/mol. The third kappa shape index (κ3) is 4.37. The van der Waals surface area contributed by atoms with E-state index in [0.717, 1.165) is 25.9 Å². The fraction of sp³-hybridized carbons (Fsp3) is 1.00. The van der Waals surface area contributed by atoms with Crippen LogP contribution in [0.15, 0.2) is 0 Å². The fourth-order valence-corrected chi connectivity index (χ4v) is 3.45. The Morgan fingerprint density at radius 2 is 1.88 bits per heavy atom. The van der Waals surface area contributed by atoms with Crippen LogP contribution >= 0.6 is 0 Å². The molecule has 0 radical (unpaired) electrons. The van der Waals surface area contributed by atoms with Crippen LogP contribution in [0.2, 0.25) is 0 Å². The molecule has 6 heteroatoms. The van der Waals surface area contributed by atoms with Gasteiger partial charge in [-0.15, -0.1) is 0 Å². The molecule has 1 fully saturated rings. The first-order chi connectivity index (χ1) is 7.56. The van der Waals surface area contributed by atoms with E-state index in [4.69, 9.17) is 5.73 Å². The van der Waals surface area contributed by atoms with Gasteiger partial charge in [-0.25, -0.2) is 12.7 Å². The van der Waals surface area contributed by atoms with E-state index in [9.17, 15) is 8.42 Å². The van der Waals surface area contributed by atoms with Gasteiger partial charge in [0.2, 0.25) is 10.0 Å². The molecule has 16 heavy (non-hydrogen) atoms. The summed E-state index contributed by atoms with van der Waals surface area (Å²) < 4.78 is 25.6. The van der Waals surface area contributed by atoms with Crippen LogP contribution in [-0.2, 0) is 10.0 Å². The van der Waals surface area contributed by atoms with Crippen molar-refractivity contribution in [2.75, 3.05) is 45.5 Å². The summed E-state index contributed by atoms with van der Waals surface area (Å²) in [4.78, 5) is 2.18. The van der Waals surface area contributed by atoms with Gasteiger partial charge in [0.1, 0.15) is 0 Å². The van der Waals surface area contributed by atoms with Gasteiger partial charge >= 0.3 is 0 Å². The first-order valence-electron chi connectivity index (χ1n) is 5.92. The second-order valence-corrected chi connectivity index (χ2v) is 6.46. The van der Waals surface area contributed by atoms with Crippen molar-refractivity contribution >= 4 is 10.0 Å². The summed E-state index contributed by atoms with van der Waals surface area (Å²) in [5.41, 5.74) is 5.36. The number of hydrogen-bond acceptors (Lipinski definition) is 4. The summed E-state index contributed by atoms with van der Waals surface area (Å²) in [6.07, 6.45) is 2.38. The lowest BCUT2D eigenvalue weighted by atomic mass is 10.3. The molecule has 0 bridgehead atoms. The lowest BCUT2D eigenvalue weighted by molar-refractivity contribution is 0.347. The number of nitrogens with two attached hydrogens (primary N) is 1. The molecule has 1 aliphatic heterocycles. The Bertz CT molecular complexity index is 292. The van der Waals surface area contributed by atoms with Gasteiger partial charge in [-0.05, 0) is 39.4 Å². The second-order valence-electron chi connectivity index (χ2n) is 4.37. The van der Waals surface area contributed by atoms with Crippen LogP contribution in [0.1, 0.15) is 19.3 Å². The fourth-order valence-electron chi connectivity index (χ4n) is 1.86. The highest BCUT2D eigenvalue weighted by Crippen LogP contribution is 2.09. The lowest BCUT2D eigenvalue weighted by Gasteiger charge is -2.19. The zero-order chi connectivity index (χ0) is 12.0. The molecule has 1 saturated heterocycles. The van der Waals surface area contributed by atoms with Gasteiger partial charge < -0.3 is 10.6 Å². The van der Waals surface area contributed by atoms with Gasteiger partial charge in [0.25, 0.3) is 0 Å². The van der Waals surface area contributed by atoms with Gasteiger partial charge in [-0.2, -0.15) is 0 Å². The van der Waals surface area contributed by atoms with E-state index in [1.54, 1.807) is 4.31 Å². The van der Waals surface area contributed by atoms with E-state index in [1.165, 1.54) is 0 Å². The van der Waals surface area contributed by atoms with Crippen LogP contribution < -0.4 is 5.73 Å². The van der Waals surface area contributed by atoms with Crippen molar-refractivity contribution in [2.24, 2.45) is 5.73 Å². The molecule has 5 nitrogen and oxygen atoms in total. The van der Waals surface area contributed by atoms with Gasteiger partial charge in [0.05, 0.1) is 5.75 Å². The molecule has 0 unspecified atom stereocenters. The Morgan fingerprint density at radius 1 is 1.12 bits per heavy atom. The topological polar surface area (TPSA) is 66.6 Å². The summed E-state index contributed by atoms with van der Waals surface area (Å²) in [6.45, 7) is 3.67. The van der Waals surface area contributed by atoms with E-state index in [2.05, 4.69) is 4.90 Å². The SMILES string of the molecule is CN1CCCN(S(=O)(=O)CCCCN)CC1. The third-order valence-electron chi connectivity index (χ3n) is 2.93. The summed E-state index contributed by atoms with van der Waals surface area (Å²) in [7, 11) is -1.02. The van der Waals surface area contributed by atoms with Crippen molar-refractivity contribution in [1.29, 1.82) is 0 Å². The molecule has 1 rings (SSSR count). The van der Waals surface area contributed by atoms with Crippen LogP contribution in [0.4, 0.5) is 0 Å². The Balaban J connectivity index is 2.47. The minimum absolute atomic E-state index is 0.244.